The van der Waals surface area contributed by atoms with Crippen molar-refractivity contribution in [2.75, 3.05) is 37.7 Å². The fourth-order valence-corrected chi connectivity index (χ4v) is 4.46. The van der Waals surface area contributed by atoms with E-state index in [1.807, 2.05) is 66.4 Å². The van der Waals surface area contributed by atoms with Gasteiger partial charge in [0.05, 0.1) is 5.69 Å². The molecule has 1 unspecified atom stereocenters. The van der Waals surface area contributed by atoms with Gasteiger partial charge >= 0.3 is 0 Å². The Hall–Kier alpha value is -2.17. The van der Waals surface area contributed by atoms with E-state index in [4.69, 9.17) is 4.74 Å². The maximum Gasteiger partial charge on any atom is 0.268 e. The van der Waals surface area contributed by atoms with E-state index >= 15 is 0 Å². The summed E-state index contributed by atoms with van der Waals surface area (Å²) in [5.74, 6) is 0.0359. The fraction of sp³-hybridized carbons (Fsp3) is 0.435. The monoisotopic (exact) mass is 364 g/mol. The fourth-order valence-electron chi connectivity index (χ4n) is 4.46. The van der Waals surface area contributed by atoms with Gasteiger partial charge in [-0.2, -0.15) is 0 Å². The molecule has 2 aliphatic rings. The van der Waals surface area contributed by atoms with Crippen LogP contribution in [0.25, 0.3) is 0 Å². The Labute approximate surface area is 161 Å². The van der Waals surface area contributed by atoms with Gasteiger partial charge in [-0.25, -0.2) is 0 Å². The van der Waals surface area contributed by atoms with Gasteiger partial charge in [0.1, 0.15) is 0 Å². The van der Waals surface area contributed by atoms with Gasteiger partial charge in [-0.3, -0.25) is 4.79 Å². The van der Waals surface area contributed by atoms with E-state index < -0.39 is 5.60 Å². The molecule has 2 aromatic rings. The molecular formula is C23H28N2O2. The summed E-state index contributed by atoms with van der Waals surface area (Å²) in [5.41, 5.74) is 1.82. The van der Waals surface area contributed by atoms with Crippen LogP contribution in [0, 0.1) is 0 Å². The predicted molar refractivity (Wildman–Crippen MR) is 108 cm³/mol. The highest BCUT2D eigenvalue weighted by molar-refractivity contribution is 6.09. The number of ether oxygens (including phenoxy) is 1. The number of carbonyl (C=O) groups excluding carboxylic acids is 1. The highest BCUT2D eigenvalue weighted by atomic mass is 16.5. The van der Waals surface area contributed by atoms with E-state index in [1.165, 1.54) is 19.3 Å². The Bertz CT molecular complexity index is 786. The molecule has 0 radical (unpaired) electrons. The summed E-state index contributed by atoms with van der Waals surface area (Å²) in [6.07, 6.45) is 3.85. The molecule has 1 fully saturated rings. The quantitative estimate of drug-likeness (QED) is 0.782. The lowest BCUT2D eigenvalue weighted by Crippen LogP contribution is -2.46. The molecule has 2 aromatic carbocycles. The SMILES string of the molecule is CCOC1(c2ccccc2)C(=O)N(CCN2CCCCC2)c2ccccc21. The van der Waals surface area contributed by atoms with Crippen molar-refractivity contribution >= 4 is 11.6 Å². The van der Waals surface area contributed by atoms with Crippen molar-refractivity contribution in [3.05, 3.63) is 65.7 Å². The Morgan fingerprint density at radius 2 is 1.63 bits per heavy atom. The molecule has 4 nitrogen and oxygen atoms in total. The summed E-state index contributed by atoms with van der Waals surface area (Å²) in [6, 6.07) is 18.0. The minimum absolute atomic E-state index is 0.0359. The van der Waals surface area contributed by atoms with Gasteiger partial charge in [-0.15, -0.1) is 0 Å². The first-order valence-electron chi connectivity index (χ1n) is 10.1. The minimum atomic E-state index is -1.03. The third-order valence-corrected chi connectivity index (χ3v) is 5.75. The smallest absolute Gasteiger partial charge is 0.268 e. The van der Waals surface area contributed by atoms with Crippen LogP contribution >= 0.6 is 0 Å². The van der Waals surface area contributed by atoms with E-state index in [1.54, 1.807) is 0 Å². The van der Waals surface area contributed by atoms with Gasteiger partial charge in [0.25, 0.3) is 5.91 Å². The van der Waals surface area contributed by atoms with Crippen LogP contribution in [0.15, 0.2) is 54.6 Å². The summed E-state index contributed by atoms with van der Waals surface area (Å²) < 4.78 is 6.23. The molecule has 0 aliphatic carbocycles. The number of nitrogens with zero attached hydrogens (tertiary/aromatic N) is 2. The third kappa shape index (κ3) is 3.17. The van der Waals surface area contributed by atoms with Crippen molar-refractivity contribution < 1.29 is 9.53 Å². The maximum absolute atomic E-state index is 13.7. The molecule has 1 atom stereocenters. The van der Waals surface area contributed by atoms with Crippen molar-refractivity contribution in [3.63, 3.8) is 0 Å². The van der Waals surface area contributed by atoms with Crippen molar-refractivity contribution in [1.82, 2.24) is 4.90 Å². The largest absolute Gasteiger partial charge is 0.356 e. The molecule has 0 aromatic heterocycles. The molecule has 0 N–H and O–H groups in total. The molecule has 142 valence electrons. The van der Waals surface area contributed by atoms with Crippen molar-refractivity contribution in [3.8, 4) is 0 Å². The number of amides is 1. The Morgan fingerprint density at radius 3 is 2.37 bits per heavy atom. The van der Waals surface area contributed by atoms with E-state index in [-0.39, 0.29) is 5.91 Å². The Kier molecular flexibility index (Phi) is 5.28. The molecule has 1 saturated heterocycles. The zero-order valence-electron chi connectivity index (χ0n) is 16.1. The highest BCUT2D eigenvalue weighted by Crippen LogP contribution is 2.46. The second-order valence-electron chi connectivity index (χ2n) is 7.36. The molecule has 0 saturated carbocycles. The van der Waals surface area contributed by atoms with Crippen molar-refractivity contribution in [2.45, 2.75) is 31.8 Å². The normalized spacial score (nSPS) is 22.9. The molecule has 0 spiro atoms. The topological polar surface area (TPSA) is 32.8 Å². The van der Waals surface area contributed by atoms with Crippen molar-refractivity contribution in [1.29, 1.82) is 0 Å². The molecule has 0 bridgehead atoms. The van der Waals surface area contributed by atoms with Crippen molar-refractivity contribution in [2.24, 2.45) is 0 Å². The predicted octanol–water partition coefficient (Wildman–Crippen LogP) is 3.80. The molecular weight excluding hydrogens is 336 g/mol. The van der Waals surface area contributed by atoms with Crippen LogP contribution in [0.4, 0.5) is 5.69 Å². The number of benzene rings is 2. The average molecular weight is 364 g/mol. The van der Waals surface area contributed by atoms with Crippen LogP contribution in [0.1, 0.15) is 37.3 Å². The van der Waals surface area contributed by atoms with Gasteiger partial charge in [0.15, 0.2) is 5.60 Å². The van der Waals surface area contributed by atoms with Crippen LogP contribution < -0.4 is 4.90 Å². The number of hydrogen-bond acceptors (Lipinski definition) is 3. The lowest BCUT2D eigenvalue weighted by atomic mass is 9.87. The maximum atomic E-state index is 13.7. The second kappa shape index (κ2) is 7.83. The first kappa shape index (κ1) is 18.2. The number of piperidine rings is 1. The molecule has 4 rings (SSSR count). The zero-order chi connectivity index (χ0) is 18.7. The van der Waals surface area contributed by atoms with E-state index in [0.717, 1.165) is 36.4 Å². The van der Waals surface area contributed by atoms with Crippen LogP contribution in [-0.4, -0.2) is 43.6 Å². The van der Waals surface area contributed by atoms with Gasteiger partial charge in [0, 0.05) is 25.3 Å². The third-order valence-electron chi connectivity index (χ3n) is 5.75. The van der Waals surface area contributed by atoms with E-state index in [0.29, 0.717) is 13.2 Å². The van der Waals surface area contributed by atoms with Gasteiger partial charge < -0.3 is 14.5 Å². The molecule has 27 heavy (non-hydrogen) atoms. The number of fused-ring (bicyclic) bond motifs is 1. The minimum Gasteiger partial charge on any atom is -0.356 e. The van der Waals surface area contributed by atoms with Crippen LogP contribution in [-0.2, 0) is 15.1 Å². The lowest BCUT2D eigenvalue weighted by Gasteiger charge is -2.31. The number of para-hydroxylation sites is 1. The van der Waals surface area contributed by atoms with E-state index in [2.05, 4.69) is 4.90 Å². The molecule has 2 aliphatic heterocycles. The van der Waals surface area contributed by atoms with Crippen LogP contribution in [0.3, 0.4) is 0 Å². The Morgan fingerprint density at radius 1 is 0.926 bits per heavy atom. The first-order chi connectivity index (χ1) is 13.3. The standard InChI is InChI=1S/C23H28N2O2/c1-2-27-23(19-11-5-3-6-12-19)20-13-7-8-14-21(20)25(22(23)26)18-17-24-15-9-4-10-16-24/h3,5-8,11-14H,2,4,9-10,15-18H2,1H3. The highest BCUT2D eigenvalue weighted by Gasteiger charge is 2.53. The zero-order valence-corrected chi connectivity index (χ0v) is 16.1. The second-order valence-corrected chi connectivity index (χ2v) is 7.36. The molecule has 1 amide bonds. The summed E-state index contributed by atoms with van der Waals surface area (Å²) in [7, 11) is 0. The summed E-state index contributed by atoms with van der Waals surface area (Å²) in [6.45, 7) is 6.33. The van der Waals surface area contributed by atoms with Crippen LogP contribution in [0.2, 0.25) is 0 Å². The lowest BCUT2D eigenvalue weighted by molar-refractivity contribution is -0.137. The van der Waals surface area contributed by atoms with Gasteiger partial charge in [0.2, 0.25) is 0 Å². The summed E-state index contributed by atoms with van der Waals surface area (Å²) in [4.78, 5) is 18.1. The van der Waals surface area contributed by atoms with Gasteiger partial charge in [-0.05, 0) is 44.5 Å². The number of hydrogen-bond donors (Lipinski definition) is 0. The summed E-state index contributed by atoms with van der Waals surface area (Å²) >= 11 is 0. The number of anilines is 1. The molecule has 4 heteroatoms. The number of likely N-dealkylation sites (tertiary alicyclic amines) is 1. The van der Waals surface area contributed by atoms with Crippen LogP contribution in [0.5, 0.6) is 0 Å². The number of carbonyl (C=O) groups is 1. The number of rotatable bonds is 6. The average Bonchev–Trinajstić information content (AvgIpc) is 2.97. The summed E-state index contributed by atoms with van der Waals surface area (Å²) in [5, 5.41) is 0. The first-order valence-corrected chi connectivity index (χ1v) is 10.1. The Balaban J connectivity index is 1.70. The van der Waals surface area contributed by atoms with E-state index in [9.17, 15) is 4.79 Å². The van der Waals surface area contributed by atoms with Gasteiger partial charge in [-0.1, -0.05) is 55.0 Å². The molecule has 2 heterocycles.